The van der Waals surface area contributed by atoms with E-state index < -0.39 is 0 Å². The van der Waals surface area contributed by atoms with Gasteiger partial charge in [0.25, 0.3) is 0 Å². The first-order valence-electron chi connectivity index (χ1n) is 4.46. The highest BCUT2D eigenvalue weighted by molar-refractivity contribution is 4.78. The Kier molecular flexibility index (Phi) is 2.08. The first kappa shape index (κ1) is 7.73. The summed E-state index contributed by atoms with van der Waals surface area (Å²) in [6.07, 6.45) is 7.90. The predicted molar refractivity (Wildman–Crippen MR) is 45.5 cm³/mol. The van der Waals surface area contributed by atoms with Gasteiger partial charge in [-0.1, -0.05) is 0 Å². The SMILES string of the molecule is N[C@H]1CC[C@@H](n2cncn2)CC1. The van der Waals surface area contributed by atoms with Gasteiger partial charge in [0.1, 0.15) is 12.7 Å². The van der Waals surface area contributed by atoms with Gasteiger partial charge in [0.05, 0.1) is 6.04 Å². The Morgan fingerprint density at radius 1 is 1.25 bits per heavy atom. The topological polar surface area (TPSA) is 56.7 Å². The molecule has 1 fully saturated rings. The second kappa shape index (κ2) is 3.23. The summed E-state index contributed by atoms with van der Waals surface area (Å²) in [5, 5.41) is 4.13. The van der Waals surface area contributed by atoms with Gasteiger partial charge in [-0.05, 0) is 25.7 Å². The molecule has 1 heterocycles. The van der Waals surface area contributed by atoms with E-state index in [-0.39, 0.29) is 0 Å². The van der Waals surface area contributed by atoms with Crippen LogP contribution in [0.4, 0.5) is 0 Å². The Labute approximate surface area is 71.8 Å². The molecule has 2 rings (SSSR count). The lowest BCUT2D eigenvalue weighted by Crippen LogP contribution is -2.27. The lowest BCUT2D eigenvalue weighted by molar-refractivity contribution is 0.304. The van der Waals surface area contributed by atoms with E-state index in [1.807, 2.05) is 4.68 Å². The molecule has 0 aromatic carbocycles. The summed E-state index contributed by atoms with van der Waals surface area (Å²) in [4.78, 5) is 3.94. The molecule has 1 aromatic heterocycles. The molecule has 4 heteroatoms. The maximum Gasteiger partial charge on any atom is 0.137 e. The molecule has 0 radical (unpaired) electrons. The first-order chi connectivity index (χ1) is 5.86. The van der Waals surface area contributed by atoms with Gasteiger partial charge in [0.2, 0.25) is 0 Å². The zero-order valence-electron chi connectivity index (χ0n) is 7.06. The molecule has 1 aromatic rings. The molecule has 0 bridgehead atoms. The van der Waals surface area contributed by atoms with Crippen LogP contribution in [0.25, 0.3) is 0 Å². The average molecular weight is 166 g/mol. The van der Waals surface area contributed by atoms with E-state index in [2.05, 4.69) is 10.1 Å². The van der Waals surface area contributed by atoms with Crippen molar-refractivity contribution in [3.8, 4) is 0 Å². The van der Waals surface area contributed by atoms with E-state index in [9.17, 15) is 0 Å². The highest BCUT2D eigenvalue weighted by Crippen LogP contribution is 2.26. The molecule has 2 N–H and O–H groups in total. The lowest BCUT2D eigenvalue weighted by atomic mass is 9.92. The van der Waals surface area contributed by atoms with Crippen molar-refractivity contribution >= 4 is 0 Å². The molecule has 1 aliphatic carbocycles. The lowest BCUT2D eigenvalue weighted by Gasteiger charge is -2.25. The van der Waals surface area contributed by atoms with E-state index in [4.69, 9.17) is 5.73 Å². The molecule has 66 valence electrons. The minimum absolute atomic E-state index is 0.407. The maximum absolute atomic E-state index is 5.81. The molecule has 0 saturated heterocycles. The molecule has 0 spiro atoms. The molecule has 0 unspecified atom stereocenters. The smallest absolute Gasteiger partial charge is 0.137 e. The first-order valence-corrected chi connectivity index (χ1v) is 4.46. The highest BCUT2D eigenvalue weighted by atomic mass is 15.3. The van der Waals surface area contributed by atoms with Crippen LogP contribution in [0.3, 0.4) is 0 Å². The standard InChI is InChI=1S/C8H14N4/c9-7-1-3-8(4-2-7)12-6-10-5-11-12/h5-8H,1-4,9H2/t7-,8+. The highest BCUT2D eigenvalue weighted by Gasteiger charge is 2.19. The third kappa shape index (κ3) is 1.48. The van der Waals surface area contributed by atoms with Gasteiger partial charge in [-0.15, -0.1) is 0 Å². The Morgan fingerprint density at radius 2 is 2.00 bits per heavy atom. The van der Waals surface area contributed by atoms with Gasteiger partial charge >= 0.3 is 0 Å². The number of hydrogen-bond acceptors (Lipinski definition) is 3. The summed E-state index contributed by atoms with van der Waals surface area (Å²) in [6.45, 7) is 0. The van der Waals surface area contributed by atoms with E-state index in [0.717, 1.165) is 25.7 Å². The summed E-state index contributed by atoms with van der Waals surface area (Å²) in [5.74, 6) is 0. The average Bonchev–Trinajstić information content (AvgIpc) is 2.58. The van der Waals surface area contributed by atoms with Crippen LogP contribution in [0.2, 0.25) is 0 Å². The Balaban J connectivity index is 1.99. The number of rotatable bonds is 1. The molecule has 1 aliphatic rings. The van der Waals surface area contributed by atoms with Crippen LogP contribution >= 0.6 is 0 Å². The van der Waals surface area contributed by atoms with Crippen molar-refractivity contribution in [3.63, 3.8) is 0 Å². The van der Waals surface area contributed by atoms with Crippen molar-refractivity contribution < 1.29 is 0 Å². The fourth-order valence-corrected chi connectivity index (χ4v) is 1.77. The molecule has 0 amide bonds. The minimum atomic E-state index is 0.407. The summed E-state index contributed by atoms with van der Waals surface area (Å²) in [7, 11) is 0. The molecule has 0 atom stereocenters. The number of aromatic nitrogens is 3. The largest absolute Gasteiger partial charge is 0.328 e. The van der Waals surface area contributed by atoms with Crippen LogP contribution in [0, 0.1) is 0 Å². The Bertz CT molecular complexity index is 223. The molecular weight excluding hydrogens is 152 g/mol. The van der Waals surface area contributed by atoms with E-state index in [1.165, 1.54) is 0 Å². The van der Waals surface area contributed by atoms with Gasteiger partial charge in [-0.3, -0.25) is 0 Å². The fourth-order valence-electron chi connectivity index (χ4n) is 1.77. The Hall–Kier alpha value is -0.900. The van der Waals surface area contributed by atoms with Crippen molar-refractivity contribution in [2.24, 2.45) is 5.73 Å². The number of nitrogens with zero attached hydrogens (tertiary/aromatic N) is 3. The van der Waals surface area contributed by atoms with Crippen molar-refractivity contribution in [1.82, 2.24) is 14.8 Å². The van der Waals surface area contributed by atoms with Crippen LogP contribution in [0.1, 0.15) is 31.7 Å². The van der Waals surface area contributed by atoms with Crippen LogP contribution < -0.4 is 5.73 Å². The Morgan fingerprint density at radius 3 is 2.58 bits per heavy atom. The molecule has 1 saturated carbocycles. The molecule has 4 nitrogen and oxygen atoms in total. The van der Waals surface area contributed by atoms with E-state index in [0.29, 0.717) is 12.1 Å². The molecule has 12 heavy (non-hydrogen) atoms. The van der Waals surface area contributed by atoms with E-state index in [1.54, 1.807) is 12.7 Å². The van der Waals surface area contributed by atoms with Crippen LogP contribution in [0.15, 0.2) is 12.7 Å². The predicted octanol–water partition coefficient (Wildman–Crippen LogP) is 0.720. The second-order valence-corrected chi connectivity index (χ2v) is 3.44. The second-order valence-electron chi connectivity index (χ2n) is 3.44. The van der Waals surface area contributed by atoms with Crippen LogP contribution in [0.5, 0.6) is 0 Å². The number of hydrogen-bond donors (Lipinski definition) is 1. The quantitative estimate of drug-likeness (QED) is 0.668. The van der Waals surface area contributed by atoms with E-state index >= 15 is 0 Å². The summed E-state index contributed by atoms with van der Waals surface area (Å²) < 4.78 is 1.95. The van der Waals surface area contributed by atoms with Crippen molar-refractivity contribution in [2.45, 2.75) is 37.8 Å². The van der Waals surface area contributed by atoms with Crippen LogP contribution in [-0.2, 0) is 0 Å². The monoisotopic (exact) mass is 166 g/mol. The number of nitrogens with two attached hydrogens (primary N) is 1. The van der Waals surface area contributed by atoms with Gasteiger partial charge in [-0.25, -0.2) is 9.67 Å². The minimum Gasteiger partial charge on any atom is -0.328 e. The zero-order chi connectivity index (χ0) is 8.39. The summed E-state index contributed by atoms with van der Waals surface area (Å²) in [6, 6.07) is 0.942. The van der Waals surface area contributed by atoms with Gasteiger partial charge in [0, 0.05) is 6.04 Å². The van der Waals surface area contributed by atoms with Crippen LogP contribution in [-0.4, -0.2) is 20.8 Å². The van der Waals surface area contributed by atoms with Gasteiger partial charge in [-0.2, -0.15) is 5.10 Å². The van der Waals surface area contributed by atoms with Gasteiger partial charge < -0.3 is 5.73 Å². The van der Waals surface area contributed by atoms with Crippen molar-refractivity contribution in [3.05, 3.63) is 12.7 Å². The summed E-state index contributed by atoms with van der Waals surface area (Å²) in [5.41, 5.74) is 5.81. The fraction of sp³-hybridized carbons (Fsp3) is 0.750. The third-order valence-corrected chi connectivity index (χ3v) is 2.55. The third-order valence-electron chi connectivity index (χ3n) is 2.55. The van der Waals surface area contributed by atoms with Crippen molar-refractivity contribution in [2.75, 3.05) is 0 Å². The maximum atomic E-state index is 5.81. The van der Waals surface area contributed by atoms with Gasteiger partial charge in [0.15, 0.2) is 0 Å². The summed E-state index contributed by atoms with van der Waals surface area (Å²) >= 11 is 0. The molecule has 0 aliphatic heterocycles. The normalized spacial score (nSPS) is 30.4. The van der Waals surface area contributed by atoms with Crippen molar-refractivity contribution in [1.29, 1.82) is 0 Å². The zero-order valence-corrected chi connectivity index (χ0v) is 7.06. The molecular formula is C8H14N4.